The number of piperidine rings is 1. The third-order valence-corrected chi connectivity index (χ3v) is 4.67. The summed E-state index contributed by atoms with van der Waals surface area (Å²) in [5.74, 6) is 0.446. The van der Waals surface area contributed by atoms with Gasteiger partial charge in [0.05, 0.1) is 17.2 Å². The van der Waals surface area contributed by atoms with Gasteiger partial charge in [0.25, 0.3) is 5.91 Å². The molecule has 0 unspecified atom stereocenters. The molecule has 2 heterocycles. The Labute approximate surface area is 118 Å². The van der Waals surface area contributed by atoms with Crippen LogP contribution in [0.2, 0.25) is 0 Å². The van der Waals surface area contributed by atoms with Crippen LogP contribution in [0.25, 0.3) is 0 Å². The van der Waals surface area contributed by atoms with Gasteiger partial charge in [0.15, 0.2) is 0 Å². The van der Waals surface area contributed by atoms with E-state index in [0.717, 1.165) is 6.42 Å². The average molecular weight is 276 g/mol. The zero-order chi connectivity index (χ0) is 14.2. The molecule has 0 bridgehead atoms. The minimum absolute atomic E-state index is 0.0248. The maximum atomic E-state index is 12.2. The smallest absolute Gasteiger partial charge is 0.257 e. The predicted molar refractivity (Wildman–Crippen MR) is 72.8 cm³/mol. The van der Waals surface area contributed by atoms with Crippen molar-refractivity contribution in [2.24, 2.45) is 17.1 Å². The van der Waals surface area contributed by atoms with E-state index in [-0.39, 0.29) is 11.8 Å². The van der Waals surface area contributed by atoms with Gasteiger partial charge in [-0.1, -0.05) is 12.8 Å². The van der Waals surface area contributed by atoms with Crippen LogP contribution in [0.5, 0.6) is 0 Å². The molecule has 1 saturated heterocycles. The number of nitrogens with two attached hydrogens (primary N) is 1. The lowest BCUT2D eigenvalue weighted by atomic mass is 9.73. The molecule has 0 atom stereocenters. The topological polar surface area (TPSA) is 76.5 Å². The Hall–Kier alpha value is -1.78. The molecule has 5 nitrogen and oxygen atoms in total. The Morgan fingerprint density at radius 3 is 2.55 bits per heavy atom. The maximum absolute atomic E-state index is 12.2. The fraction of sp³-hybridized carbons (Fsp3) is 0.600. The van der Waals surface area contributed by atoms with Gasteiger partial charge in [-0.3, -0.25) is 9.59 Å². The second kappa shape index (κ2) is 4.96. The van der Waals surface area contributed by atoms with E-state index < -0.39 is 5.41 Å². The monoisotopic (exact) mass is 276 g/mol. The number of likely N-dealkylation sites (tertiary alicyclic amines) is 1. The van der Waals surface area contributed by atoms with Crippen molar-refractivity contribution in [3.05, 3.63) is 24.2 Å². The summed E-state index contributed by atoms with van der Waals surface area (Å²) in [7, 11) is 0. The van der Waals surface area contributed by atoms with Crippen molar-refractivity contribution in [2.45, 2.75) is 32.1 Å². The molecule has 3 rings (SSSR count). The van der Waals surface area contributed by atoms with E-state index in [1.165, 1.54) is 25.4 Å². The number of rotatable bonds is 4. The quantitative estimate of drug-likeness (QED) is 0.910. The second-order valence-electron chi connectivity index (χ2n) is 6.10. The van der Waals surface area contributed by atoms with Crippen molar-refractivity contribution in [2.75, 3.05) is 13.1 Å². The Bertz CT molecular complexity index is 497. The summed E-state index contributed by atoms with van der Waals surface area (Å²) in [5, 5.41) is 0. The van der Waals surface area contributed by atoms with Gasteiger partial charge in [-0.05, 0) is 31.2 Å². The van der Waals surface area contributed by atoms with Gasteiger partial charge in [0.1, 0.15) is 6.26 Å². The molecule has 1 aromatic rings. The number of carbonyl (C=O) groups is 2. The van der Waals surface area contributed by atoms with E-state index in [1.54, 1.807) is 11.0 Å². The summed E-state index contributed by atoms with van der Waals surface area (Å²) < 4.78 is 4.94. The molecule has 0 radical (unpaired) electrons. The van der Waals surface area contributed by atoms with Crippen LogP contribution in [0, 0.1) is 11.3 Å². The lowest BCUT2D eigenvalue weighted by molar-refractivity contribution is -0.131. The largest absolute Gasteiger partial charge is 0.472 e. The number of carbonyl (C=O) groups excluding carboxylic acids is 2. The van der Waals surface area contributed by atoms with Crippen LogP contribution in [0.4, 0.5) is 0 Å². The molecule has 1 aromatic heterocycles. The number of primary amides is 1. The zero-order valence-corrected chi connectivity index (χ0v) is 11.5. The van der Waals surface area contributed by atoms with E-state index in [4.69, 9.17) is 10.2 Å². The molecule has 2 amide bonds. The molecule has 0 spiro atoms. The van der Waals surface area contributed by atoms with E-state index in [2.05, 4.69) is 0 Å². The van der Waals surface area contributed by atoms with Gasteiger partial charge in [-0.25, -0.2) is 0 Å². The SMILES string of the molecule is NC(=O)C1(CC2CC2)CCN(C(=O)c2ccoc2)CC1. The third kappa shape index (κ3) is 2.44. The van der Waals surface area contributed by atoms with Gasteiger partial charge in [0.2, 0.25) is 5.91 Å². The Kier molecular flexibility index (Phi) is 3.28. The Morgan fingerprint density at radius 1 is 1.35 bits per heavy atom. The fourth-order valence-electron chi connectivity index (χ4n) is 3.13. The van der Waals surface area contributed by atoms with Crippen LogP contribution in [0.1, 0.15) is 42.5 Å². The van der Waals surface area contributed by atoms with Crippen LogP contribution < -0.4 is 5.73 Å². The molecule has 2 aliphatic rings. The van der Waals surface area contributed by atoms with E-state index in [1.807, 2.05) is 0 Å². The number of furan rings is 1. The average Bonchev–Trinajstić information content (AvgIpc) is 3.08. The van der Waals surface area contributed by atoms with Crippen molar-refractivity contribution in [3.8, 4) is 0 Å². The molecule has 0 aromatic carbocycles. The summed E-state index contributed by atoms with van der Waals surface area (Å²) in [6.45, 7) is 1.19. The first-order valence-corrected chi connectivity index (χ1v) is 7.22. The molecule has 1 aliphatic carbocycles. The van der Waals surface area contributed by atoms with Crippen molar-refractivity contribution in [1.82, 2.24) is 4.90 Å². The molecule has 1 saturated carbocycles. The Morgan fingerprint density at radius 2 is 2.05 bits per heavy atom. The first-order chi connectivity index (χ1) is 9.61. The highest BCUT2D eigenvalue weighted by Gasteiger charge is 2.44. The minimum atomic E-state index is -0.395. The van der Waals surface area contributed by atoms with E-state index in [9.17, 15) is 9.59 Å². The van der Waals surface area contributed by atoms with Crippen molar-refractivity contribution in [1.29, 1.82) is 0 Å². The highest BCUT2D eigenvalue weighted by Crippen LogP contribution is 2.45. The van der Waals surface area contributed by atoms with Gasteiger partial charge in [0, 0.05) is 13.1 Å². The molecule has 2 N–H and O–H groups in total. The van der Waals surface area contributed by atoms with Gasteiger partial charge < -0.3 is 15.1 Å². The summed E-state index contributed by atoms with van der Waals surface area (Å²) in [6.07, 6.45) is 7.65. The van der Waals surface area contributed by atoms with Crippen molar-refractivity contribution in [3.63, 3.8) is 0 Å². The van der Waals surface area contributed by atoms with E-state index in [0.29, 0.717) is 37.4 Å². The first-order valence-electron chi connectivity index (χ1n) is 7.22. The molecule has 20 heavy (non-hydrogen) atoms. The van der Waals surface area contributed by atoms with Gasteiger partial charge in [-0.15, -0.1) is 0 Å². The summed E-state index contributed by atoms with van der Waals surface area (Å²) >= 11 is 0. The van der Waals surface area contributed by atoms with E-state index >= 15 is 0 Å². The lowest BCUT2D eigenvalue weighted by Gasteiger charge is -2.39. The molecular weight excluding hydrogens is 256 g/mol. The molecule has 1 aliphatic heterocycles. The third-order valence-electron chi connectivity index (χ3n) is 4.67. The van der Waals surface area contributed by atoms with Crippen LogP contribution in [-0.2, 0) is 4.79 Å². The normalized spacial score (nSPS) is 21.7. The second-order valence-corrected chi connectivity index (χ2v) is 6.10. The lowest BCUT2D eigenvalue weighted by Crippen LogP contribution is -2.49. The number of hydrogen-bond donors (Lipinski definition) is 1. The molecule has 2 fully saturated rings. The van der Waals surface area contributed by atoms with Gasteiger partial charge in [-0.2, -0.15) is 0 Å². The van der Waals surface area contributed by atoms with Crippen LogP contribution in [0.15, 0.2) is 23.0 Å². The van der Waals surface area contributed by atoms with Crippen molar-refractivity contribution >= 4 is 11.8 Å². The number of hydrogen-bond acceptors (Lipinski definition) is 3. The Balaban J connectivity index is 1.65. The maximum Gasteiger partial charge on any atom is 0.257 e. The standard InChI is InChI=1S/C15H20N2O3/c16-14(19)15(9-11-1-2-11)4-6-17(7-5-15)13(18)12-3-8-20-10-12/h3,8,10-11H,1-2,4-7,9H2,(H2,16,19). The highest BCUT2D eigenvalue weighted by molar-refractivity contribution is 5.94. The van der Waals surface area contributed by atoms with Crippen LogP contribution in [0.3, 0.4) is 0 Å². The molecule has 108 valence electrons. The fourth-order valence-corrected chi connectivity index (χ4v) is 3.13. The molecule has 5 heteroatoms. The number of nitrogens with zero attached hydrogens (tertiary/aromatic N) is 1. The minimum Gasteiger partial charge on any atom is -0.472 e. The van der Waals surface area contributed by atoms with Crippen molar-refractivity contribution < 1.29 is 14.0 Å². The predicted octanol–water partition coefficient (Wildman–Crippen LogP) is 1.79. The van der Waals surface area contributed by atoms with Crippen LogP contribution >= 0.6 is 0 Å². The summed E-state index contributed by atoms with van der Waals surface area (Å²) in [4.78, 5) is 25.9. The van der Waals surface area contributed by atoms with Gasteiger partial charge >= 0.3 is 0 Å². The highest BCUT2D eigenvalue weighted by atomic mass is 16.3. The molecular formula is C15H20N2O3. The first kappa shape index (κ1) is 13.2. The summed E-state index contributed by atoms with van der Waals surface area (Å²) in [6, 6.07) is 1.67. The van der Waals surface area contributed by atoms with Crippen LogP contribution in [-0.4, -0.2) is 29.8 Å². The summed E-state index contributed by atoms with van der Waals surface area (Å²) in [5.41, 5.74) is 5.81. The number of amides is 2. The zero-order valence-electron chi connectivity index (χ0n) is 11.5.